The molecule has 1 aromatic heterocycles. The first-order chi connectivity index (χ1) is 9.58. The van der Waals surface area contributed by atoms with Gasteiger partial charge in [0.05, 0.1) is 12.2 Å². The topological polar surface area (TPSA) is 104 Å². The average Bonchev–Trinajstić information content (AvgIpc) is 2.47. The van der Waals surface area contributed by atoms with E-state index in [2.05, 4.69) is 20.2 Å². The first-order valence-corrected chi connectivity index (χ1v) is 6.43. The first kappa shape index (κ1) is 14.2. The van der Waals surface area contributed by atoms with Crippen LogP contribution in [0.4, 0.5) is 10.6 Å². The molecule has 2 rings (SSSR count). The number of imide groups is 1. The molecule has 0 spiro atoms. The third-order valence-corrected chi connectivity index (χ3v) is 3.36. The van der Waals surface area contributed by atoms with Crippen LogP contribution in [0.2, 0.25) is 0 Å². The van der Waals surface area contributed by atoms with E-state index in [-0.39, 0.29) is 11.9 Å². The summed E-state index contributed by atoms with van der Waals surface area (Å²) in [6.45, 7) is 4.70. The van der Waals surface area contributed by atoms with Crippen molar-refractivity contribution in [2.24, 2.45) is 5.73 Å². The number of piperazine rings is 1. The third-order valence-electron chi connectivity index (χ3n) is 3.36. The number of aromatic nitrogens is 2. The van der Waals surface area contributed by atoms with Gasteiger partial charge in [-0.3, -0.25) is 20.0 Å². The molecule has 1 atom stereocenters. The fourth-order valence-electron chi connectivity index (χ4n) is 2.18. The van der Waals surface area contributed by atoms with E-state index in [1.54, 1.807) is 25.5 Å². The lowest BCUT2D eigenvalue weighted by Gasteiger charge is -2.37. The molecule has 1 fully saturated rings. The van der Waals surface area contributed by atoms with Crippen LogP contribution in [0.5, 0.6) is 0 Å². The molecule has 2 heterocycles. The van der Waals surface area contributed by atoms with Crippen LogP contribution in [0, 0.1) is 0 Å². The molecular formula is C12H18N6O2. The fraction of sp³-hybridized carbons (Fsp3) is 0.500. The van der Waals surface area contributed by atoms with Crippen LogP contribution >= 0.6 is 0 Å². The van der Waals surface area contributed by atoms with Crippen molar-refractivity contribution in [2.45, 2.75) is 13.0 Å². The van der Waals surface area contributed by atoms with Crippen LogP contribution in [0.3, 0.4) is 0 Å². The molecule has 108 valence electrons. The number of anilines is 1. The number of hydrogen-bond acceptors (Lipinski definition) is 6. The van der Waals surface area contributed by atoms with Gasteiger partial charge in [0.1, 0.15) is 5.82 Å². The minimum atomic E-state index is -0.819. The molecule has 1 aliphatic heterocycles. The van der Waals surface area contributed by atoms with Crippen LogP contribution in [-0.2, 0) is 4.79 Å². The standard InChI is InChI=1S/C12H18N6O2/c1-9(11(19)16-12(13)20)17-4-6-18(7-5-17)10-8-14-2-3-15-10/h2-3,8-9H,4-7H2,1H3,(H3,13,16,19,20)/t9-/m0/s1. The van der Waals surface area contributed by atoms with Gasteiger partial charge in [-0.25, -0.2) is 9.78 Å². The SMILES string of the molecule is C[C@@H](C(=O)NC(N)=O)N1CCN(c2cnccn2)CC1. The van der Waals surface area contributed by atoms with Crippen molar-refractivity contribution < 1.29 is 9.59 Å². The smallest absolute Gasteiger partial charge is 0.318 e. The zero-order chi connectivity index (χ0) is 14.5. The van der Waals surface area contributed by atoms with Gasteiger partial charge in [0.15, 0.2) is 0 Å². The maximum Gasteiger partial charge on any atom is 0.318 e. The lowest BCUT2D eigenvalue weighted by Crippen LogP contribution is -2.55. The fourth-order valence-corrected chi connectivity index (χ4v) is 2.18. The number of nitrogens with one attached hydrogen (secondary N) is 1. The van der Waals surface area contributed by atoms with Gasteiger partial charge in [-0.1, -0.05) is 0 Å². The summed E-state index contributed by atoms with van der Waals surface area (Å²) in [5.41, 5.74) is 4.95. The van der Waals surface area contributed by atoms with Crippen molar-refractivity contribution in [3.05, 3.63) is 18.6 Å². The highest BCUT2D eigenvalue weighted by Crippen LogP contribution is 2.13. The van der Waals surface area contributed by atoms with E-state index in [1.807, 2.05) is 4.90 Å². The van der Waals surface area contributed by atoms with E-state index in [9.17, 15) is 9.59 Å². The first-order valence-electron chi connectivity index (χ1n) is 6.43. The predicted molar refractivity (Wildman–Crippen MR) is 73.0 cm³/mol. The minimum Gasteiger partial charge on any atom is -0.353 e. The third kappa shape index (κ3) is 3.41. The number of hydrogen-bond donors (Lipinski definition) is 2. The summed E-state index contributed by atoms with van der Waals surface area (Å²) in [7, 11) is 0. The maximum absolute atomic E-state index is 11.7. The molecule has 0 radical (unpaired) electrons. The van der Waals surface area contributed by atoms with E-state index in [0.717, 1.165) is 18.9 Å². The van der Waals surface area contributed by atoms with Crippen molar-refractivity contribution >= 4 is 17.8 Å². The Bertz CT molecular complexity index is 472. The largest absolute Gasteiger partial charge is 0.353 e. The van der Waals surface area contributed by atoms with Gasteiger partial charge in [0.2, 0.25) is 5.91 Å². The zero-order valence-electron chi connectivity index (χ0n) is 11.3. The molecular weight excluding hydrogens is 260 g/mol. The minimum absolute atomic E-state index is 0.370. The van der Waals surface area contributed by atoms with E-state index in [1.165, 1.54) is 0 Å². The summed E-state index contributed by atoms with van der Waals surface area (Å²) >= 11 is 0. The van der Waals surface area contributed by atoms with Crippen LogP contribution in [0.1, 0.15) is 6.92 Å². The Morgan fingerprint density at radius 1 is 1.30 bits per heavy atom. The van der Waals surface area contributed by atoms with Crippen molar-refractivity contribution in [1.82, 2.24) is 20.2 Å². The van der Waals surface area contributed by atoms with Crippen LogP contribution in [0.25, 0.3) is 0 Å². The molecule has 0 aliphatic carbocycles. The number of nitrogens with zero attached hydrogens (tertiary/aromatic N) is 4. The molecule has 8 nitrogen and oxygen atoms in total. The summed E-state index contributed by atoms with van der Waals surface area (Å²) in [6.07, 6.45) is 5.01. The number of rotatable bonds is 3. The Kier molecular flexibility index (Phi) is 4.46. The second-order valence-corrected chi connectivity index (χ2v) is 4.62. The van der Waals surface area contributed by atoms with Gasteiger partial charge >= 0.3 is 6.03 Å². The number of primary amides is 1. The summed E-state index contributed by atoms with van der Waals surface area (Å²) in [6, 6.07) is -1.20. The second kappa shape index (κ2) is 6.29. The van der Waals surface area contributed by atoms with Crippen LogP contribution in [0.15, 0.2) is 18.6 Å². The van der Waals surface area contributed by atoms with Gasteiger partial charge in [-0.05, 0) is 6.92 Å². The summed E-state index contributed by atoms with van der Waals surface area (Å²) in [4.78, 5) is 34.8. The molecule has 1 aliphatic rings. The lowest BCUT2D eigenvalue weighted by atomic mass is 10.2. The quantitative estimate of drug-likeness (QED) is 0.748. The summed E-state index contributed by atoms with van der Waals surface area (Å²) in [5, 5.41) is 2.11. The molecule has 0 aromatic carbocycles. The lowest BCUT2D eigenvalue weighted by molar-refractivity contribution is -0.124. The number of carbonyl (C=O) groups is 2. The van der Waals surface area contributed by atoms with Gasteiger partial charge in [-0.2, -0.15) is 0 Å². The summed E-state index contributed by atoms with van der Waals surface area (Å²) in [5.74, 6) is 0.465. The molecule has 0 saturated carbocycles. The Morgan fingerprint density at radius 3 is 2.55 bits per heavy atom. The van der Waals surface area contributed by atoms with Crippen LogP contribution < -0.4 is 16.0 Å². The number of carbonyl (C=O) groups excluding carboxylic acids is 2. The molecule has 1 saturated heterocycles. The van der Waals surface area contributed by atoms with E-state index < -0.39 is 6.03 Å². The highest BCUT2D eigenvalue weighted by molar-refractivity contribution is 5.96. The van der Waals surface area contributed by atoms with Gasteiger partial charge in [-0.15, -0.1) is 0 Å². The molecule has 3 N–H and O–H groups in total. The molecule has 8 heteroatoms. The average molecular weight is 278 g/mol. The van der Waals surface area contributed by atoms with Gasteiger partial charge in [0.25, 0.3) is 0 Å². The molecule has 1 aromatic rings. The second-order valence-electron chi connectivity index (χ2n) is 4.62. The van der Waals surface area contributed by atoms with Crippen LogP contribution in [-0.4, -0.2) is 59.0 Å². The Morgan fingerprint density at radius 2 is 2.00 bits per heavy atom. The zero-order valence-corrected chi connectivity index (χ0v) is 11.3. The Hall–Kier alpha value is -2.22. The molecule has 0 bridgehead atoms. The summed E-state index contributed by atoms with van der Waals surface area (Å²) < 4.78 is 0. The number of amides is 3. The number of nitrogens with two attached hydrogens (primary N) is 1. The normalized spacial score (nSPS) is 17.6. The maximum atomic E-state index is 11.7. The van der Waals surface area contributed by atoms with E-state index in [4.69, 9.17) is 5.73 Å². The molecule has 20 heavy (non-hydrogen) atoms. The van der Waals surface area contributed by atoms with Crippen molar-refractivity contribution in [3.63, 3.8) is 0 Å². The van der Waals surface area contributed by atoms with E-state index >= 15 is 0 Å². The van der Waals surface area contributed by atoms with Gasteiger partial charge < -0.3 is 10.6 Å². The van der Waals surface area contributed by atoms with Crippen molar-refractivity contribution in [1.29, 1.82) is 0 Å². The van der Waals surface area contributed by atoms with Crippen molar-refractivity contribution in [2.75, 3.05) is 31.1 Å². The van der Waals surface area contributed by atoms with Gasteiger partial charge in [0, 0.05) is 38.6 Å². The molecule has 3 amide bonds. The predicted octanol–water partition coefficient (Wildman–Crippen LogP) is -0.818. The number of urea groups is 1. The highest BCUT2D eigenvalue weighted by Gasteiger charge is 2.26. The Balaban J connectivity index is 1.88. The Labute approximate surface area is 117 Å². The molecule has 0 unspecified atom stereocenters. The monoisotopic (exact) mass is 278 g/mol. The highest BCUT2D eigenvalue weighted by atomic mass is 16.2. The van der Waals surface area contributed by atoms with E-state index in [0.29, 0.717) is 13.1 Å². The van der Waals surface area contributed by atoms with Crippen molar-refractivity contribution in [3.8, 4) is 0 Å².